The van der Waals surface area contributed by atoms with Gasteiger partial charge in [0.2, 0.25) is 15.9 Å². The molecule has 1 heterocycles. The molecule has 1 aliphatic rings. The summed E-state index contributed by atoms with van der Waals surface area (Å²) >= 11 is 0. The Hall–Kier alpha value is -1.93. The minimum atomic E-state index is -3.64. The molecule has 1 aromatic rings. The topological polar surface area (TPSA) is 86.8 Å². The molecule has 1 saturated heterocycles. The second kappa shape index (κ2) is 9.32. The van der Waals surface area contributed by atoms with Gasteiger partial charge in [0.15, 0.2) is 0 Å². The quantitative estimate of drug-likeness (QED) is 0.763. The first kappa shape index (κ1) is 21.4. The molecule has 0 atom stereocenters. The second-order valence-corrected chi connectivity index (χ2v) is 9.09. The SMILES string of the molecule is CC(C)N(C)S(=O)(=O)c1cccc(C(=O)NCCN2CCCCCC2=O)c1. The molecule has 150 valence electrons. The Balaban J connectivity index is 2.00. The lowest BCUT2D eigenvalue weighted by atomic mass is 10.2. The van der Waals surface area contributed by atoms with Crippen molar-refractivity contribution in [1.82, 2.24) is 14.5 Å². The molecule has 2 amide bonds. The zero-order valence-corrected chi connectivity index (χ0v) is 17.1. The molecule has 0 radical (unpaired) electrons. The largest absolute Gasteiger partial charge is 0.350 e. The van der Waals surface area contributed by atoms with Gasteiger partial charge >= 0.3 is 0 Å². The van der Waals surface area contributed by atoms with E-state index in [0.29, 0.717) is 19.5 Å². The van der Waals surface area contributed by atoms with Gasteiger partial charge in [0, 0.05) is 44.7 Å². The highest BCUT2D eigenvalue weighted by molar-refractivity contribution is 7.89. The standard InChI is InChI=1S/C19H29N3O4S/c1-15(2)21(3)27(25,26)17-9-7-8-16(14-17)19(24)20-11-13-22-12-6-4-5-10-18(22)23/h7-9,14-15H,4-6,10-13H2,1-3H3,(H,20,24). The van der Waals surface area contributed by atoms with Crippen molar-refractivity contribution in [3.8, 4) is 0 Å². The molecular formula is C19H29N3O4S. The van der Waals surface area contributed by atoms with Crippen molar-refractivity contribution >= 4 is 21.8 Å². The predicted molar refractivity (Wildman–Crippen MR) is 104 cm³/mol. The number of carbonyl (C=O) groups excluding carboxylic acids is 2. The Morgan fingerprint density at radius 1 is 1.26 bits per heavy atom. The van der Waals surface area contributed by atoms with Gasteiger partial charge in [-0.3, -0.25) is 9.59 Å². The number of amides is 2. The number of sulfonamides is 1. The zero-order valence-electron chi connectivity index (χ0n) is 16.3. The number of carbonyl (C=O) groups is 2. The summed E-state index contributed by atoms with van der Waals surface area (Å²) in [6.45, 7) is 5.12. The van der Waals surface area contributed by atoms with Crippen LogP contribution in [0.2, 0.25) is 0 Å². The summed E-state index contributed by atoms with van der Waals surface area (Å²) in [5.74, 6) is -0.215. The average molecular weight is 396 g/mol. The van der Waals surface area contributed by atoms with Gasteiger partial charge in [-0.15, -0.1) is 0 Å². The first-order chi connectivity index (χ1) is 12.7. The maximum absolute atomic E-state index is 12.6. The van der Waals surface area contributed by atoms with Crippen molar-refractivity contribution in [2.24, 2.45) is 0 Å². The maximum Gasteiger partial charge on any atom is 0.251 e. The molecular weight excluding hydrogens is 366 g/mol. The molecule has 0 aromatic heterocycles. The Labute approximate surface area is 161 Å². The highest BCUT2D eigenvalue weighted by Gasteiger charge is 2.24. The summed E-state index contributed by atoms with van der Waals surface area (Å²) in [6.07, 6.45) is 3.54. The molecule has 7 nitrogen and oxygen atoms in total. The first-order valence-corrected chi connectivity index (χ1v) is 10.8. The van der Waals surface area contributed by atoms with Crippen LogP contribution in [0.3, 0.4) is 0 Å². The van der Waals surface area contributed by atoms with Crippen molar-refractivity contribution in [2.75, 3.05) is 26.7 Å². The molecule has 0 bridgehead atoms. The van der Waals surface area contributed by atoms with Crippen LogP contribution in [0, 0.1) is 0 Å². The van der Waals surface area contributed by atoms with Crippen LogP contribution in [0.4, 0.5) is 0 Å². The van der Waals surface area contributed by atoms with E-state index in [4.69, 9.17) is 0 Å². The van der Waals surface area contributed by atoms with Crippen molar-refractivity contribution in [3.63, 3.8) is 0 Å². The van der Waals surface area contributed by atoms with Crippen molar-refractivity contribution < 1.29 is 18.0 Å². The molecule has 1 aromatic carbocycles. The van der Waals surface area contributed by atoms with E-state index in [1.807, 2.05) is 0 Å². The third kappa shape index (κ3) is 5.52. The zero-order chi connectivity index (χ0) is 20.0. The monoisotopic (exact) mass is 395 g/mol. The Kier molecular flexibility index (Phi) is 7.38. The van der Waals surface area contributed by atoms with Crippen LogP contribution in [0.1, 0.15) is 49.9 Å². The van der Waals surface area contributed by atoms with E-state index in [2.05, 4.69) is 5.32 Å². The van der Waals surface area contributed by atoms with Gasteiger partial charge in [0.1, 0.15) is 0 Å². The van der Waals surface area contributed by atoms with E-state index in [-0.39, 0.29) is 28.3 Å². The van der Waals surface area contributed by atoms with Crippen LogP contribution in [-0.4, -0.2) is 62.2 Å². The highest BCUT2D eigenvalue weighted by atomic mass is 32.2. The number of rotatable bonds is 7. The van der Waals surface area contributed by atoms with Gasteiger partial charge in [-0.05, 0) is 44.9 Å². The van der Waals surface area contributed by atoms with Crippen LogP contribution in [-0.2, 0) is 14.8 Å². The van der Waals surface area contributed by atoms with E-state index in [1.54, 1.807) is 30.9 Å². The molecule has 27 heavy (non-hydrogen) atoms. The molecule has 1 N–H and O–H groups in total. The molecule has 1 fully saturated rings. The molecule has 0 unspecified atom stereocenters. The van der Waals surface area contributed by atoms with Crippen LogP contribution >= 0.6 is 0 Å². The number of nitrogens with zero attached hydrogens (tertiary/aromatic N) is 2. The predicted octanol–water partition coefficient (Wildman–Crippen LogP) is 1.85. The first-order valence-electron chi connectivity index (χ1n) is 9.37. The normalized spacial score (nSPS) is 15.9. The number of nitrogens with one attached hydrogen (secondary N) is 1. The fourth-order valence-electron chi connectivity index (χ4n) is 2.92. The number of benzene rings is 1. The number of likely N-dealkylation sites (tertiary alicyclic amines) is 1. The van der Waals surface area contributed by atoms with Crippen molar-refractivity contribution in [2.45, 2.75) is 50.5 Å². The highest BCUT2D eigenvalue weighted by Crippen LogP contribution is 2.18. The Bertz CT molecular complexity index is 777. The summed E-state index contributed by atoms with van der Waals surface area (Å²) in [6, 6.07) is 5.84. The lowest BCUT2D eigenvalue weighted by Crippen LogP contribution is -2.38. The Morgan fingerprint density at radius 3 is 2.70 bits per heavy atom. The van der Waals surface area contributed by atoms with Gasteiger partial charge < -0.3 is 10.2 Å². The molecule has 2 rings (SSSR count). The lowest BCUT2D eigenvalue weighted by Gasteiger charge is -2.21. The molecule has 0 aliphatic carbocycles. The van der Waals surface area contributed by atoms with E-state index >= 15 is 0 Å². The summed E-state index contributed by atoms with van der Waals surface area (Å²) in [5.41, 5.74) is 0.287. The summed E-state index contributed by atoms with van der Waals surface area (Å²) in [4.78, 5) is 26.2. The van der Waals surface area contributed by atoms with Crippen LogP contribution in [0.5, 0.6) is 0 Å². The van der Waals surface area contributed by atoms with E-state index in [0.717, 1.165) is 25.8 Å². The van der Waals surface area contributed by atoms with Gasteiger partial charge in [0.05, 0.1) is 4.90 Å². The van der Waals surface area contributed by atoms with Crippen molar-refractivity contribution in [1.29, 1.82) is 0 Å². The second-order valence-electron chi connectivity index (χ2n) is 7.09. The van der Waals surface area contributed by atoms with Gasteiger partial charge in [-0.2, -0.15) is 4.31 Å². The minimum Gasteiger partial charge on any atom is -0.350 e. The van der Waals surface area contributed by atoms with Gasteiger partial charge in [0.25, 0.3) is 5.91 Å². The fraction of sp³-hybridized carbons (Fsp3) is 0.579. The number of hydrogen-bond donors (Lipinski definition) is 1. The van der Waals surface area contributed by atoms with Crippen LogP contribution < -0.4 is 5.32 Å². The smallest absolute Gasteiger partial charge is 0.251 e. The number of hydrogen-bond acceptors (Lipinski definition) is 4. The summed E-state index contributed by atoms with van der Waals surface area (Å²) in [5, 5.41) is 2.78. The third-order valence-electron chi connectivity index (χ3n) is 4.84. The van der Waals surface area contributed by atoms with Crippen molar-refractivity contribution in [3.05, 3.63) is 29.8 Å². The molecule has 1 aliphatic heterocycles. The average Bonchev–Trinajstić information content (AvgIpc) is 2.85. The summed E-state index contributed by atoms with van der Waals surface area (Å²) < 4.78 is 26.4. The van der Waals surface area contributed by atoms with E-state index < -0.39 is 10.0 Å². The van der Waals surface area contributed by atoms with Crippen LogP contribution in [0.15, 0.2) is 29.2 Å². The third-order valence-corrected chi connectivity index (χ3v) is 6.87. The van der Waals surface area contributed by atoms with Gasteiger partial charge in [-0.1, -0.05) is 12.5 Å². The van der Waals surface area contributed by atoms with Crippen LogP contribution in [0.25, 0.3) is 0 Å². The summed E-state index contributed by atoms with van der Waals surface area (Å²) in [7, 11) is -2.12. The molecule has 8 heteroatoms. The minimum absolute atomic E-state index is 0.0917. The fourth-order valence-corrected chi connectivity index (χ4v) is 4.34. The maximum atomic E-state index is 12.6. The van der Waals surface area contributed by atoms with E-state index in [1.165, 1.54) is 23.5 Å². The molecule has 0 saturated carbocycles. The van der Waals surface area contributed by atoms with E-state index in [9.17, 15) is 18.0 Å². The van der Waals surface area contributed by atoms with Gasteiger partial charge in [-0.25, -0.2) is 8.42 Å². The molecule has 0 spiro atoms. The Morgan fingerprint density at radius 2 is 2.00 bits per heavy atom. The lowest BCUT2D eigenvalue weighted by molar-refractivity contribution is -0.130.